The molecule has 1 aliphatic heterocycles. The van der Waals surface area contributed by atoms with E-state index in [-0.39, 0.29) is 37.7 Å². The Hall–Kier alpha value is -7.49. The number of nitrogens with one attached hydrogen (secondary N) is 7. The fraction of sp³-hybridized carbons (Fsp3) is 0.519. The van der Waals surface area contributed by atoms with Crippen molar-refractivity contribution in [2.45, 2.75) is 116 Å². The summed E-state index contributed by atoms with van der Waals surface area (Å²) in [4.78, 5) is 133. The van der Waals surface area contributed by atoms with Gasteiger partial charge in [-0.3, -0.25) is 43.3 Å². The molecule has 400 valence electrons. The zero-order valence-corrected chi connectivity index (χ0v) is 42.9. The summed E-state index contributed by atoms with van der Waals surface area (Å²) in [5.41, 5.74) is 0.311. The lowest BCUT2D eigenvalue weighted by Gasteiger charge is -2.35. The second-order valence-corrected chi connectivity index (χ2v) is 19.9. The number of likely N-dealkylation sites (N-methyl/N-ethyl adjacent to an activating group) is 1. The summed E-state index contributed by atoms with van der Waals surface area (Å²) in [6.07, 6.45) is 5.79. The molecule has 1 aromatic heterocycles. The molecule has 0 radical (unpaired) electrons. The predicted molar refractivity (Wildman–Crippen MR) is 270 cm³/mol. The van der Waals surface area contributed by atoms with Gasteiger partial charge in [-0.05, 0) is 41.7 Å². The van der Waals surface area contributed by atoms with Crippen LogP contribution >= 0.6 is 0 Å². The third-order valence-electron chi connectivity index (χ3n) is 13.0. The zero-order valence-electron chi connectivity index (χ0n) is 42.9. The number of hydrogen-bond acceptors (Lipinski definition) is 13. The first kappa shape index (κ1) is 57.4. The molecule has 2 fully saturated rings. The Morgan fingerprint density at radius 2 is 1.47 bits per heavy atom. The summed E-state index contributed by atoms with van der Waals surface area (Å²) in [6, 6.07) is 11.8. The molecule has 9 amide bonds. The molecule has 1 saturated carbocycles. The lowest BCUT2D eigenvalue weighted by molar-refractivity contribution is -0.136. The number of carbonyl (C=O) groups excluding carboxylic acids is 9. The highest BCUT2D eigenvalue weighted by Gasteiger charge is 2.45. The SMILES string of the molecule is CCC[C@H](NC(=O)[C@@H]1CN(C(=O)CNC(=O)OCc2ccccc2)C[C@@H]1NC(=O)C(NC(=O)[C@@H](NC(=O)c1cnccn1)C1CCCCC1)C(C)(C)C)C(O)C(=O)NCC(=O)N[C@H](C(=O)N(C)C)c1ccccc1. The molecule has 7 atom stereocenters. The van der Waals surface area contributed by atoms with Gasteiger partial charge in [0.15, 0.2) is 6.10 Å². The number of aromatic nitrogens is 2. The highest BCUT2D eigenvalue weighted by molar-refractivity contribution is 5.98. The Kier molecular flexibility index (Phi) is 21.4. The largest absolute Gasteiger partial charge is 0.445 e. The number of carbonyl (C=O) groups is 9. The average Bonchev–Trinajstić information content (AvgIpc) is 3.82. The molecule has 0 spiro atoms. The Labute approximate surface area is 431 Å². The fourth-order valence-electron chi connectivity index (χ4n) is 8.89. The van der Waals surface area contributed by atoms with Crippen molar-refractivity contribution >= 4 is 53.4 Å². The van der Waals surface area contributed by atoms with E-state index in [9.17, 15) is 48.3 Å². The average molecular weight is 1030 g/mol. The van der Waals surface area contributed by atoms with Crippen molar-refractivity contribution in [3.05, 3.63) is 96.1 Å². The maximum Gasteiger partial charge on any atom is 0.407 e. The van der Waals surface area contributed by atoms with E-state index in [1.807, 2.05) is 6.07 Å². The summed E-state index contributed by atoms with van der Waals surface area (Å²) in [6.45, 7) is 5.30. The van der Waals surface area contributed by atoms with Crippen LogP contribution in [0.15, 0.2) is 79.3 Å². The quantitative estimate of drug-likeness (QED) is 0.0705. The molecule has 2 unspecified atom stereocenters. The van der Waals surface area contributed by atoms with Gasteiger partial charge in [0.25, 0.3) is 11.8 Å². The van der Waals surface area contributed by atoms with Crippen LogP contribution in [-0.4, -0.2) is 149 Å². The van der Waals surface area contributed by atoms with E-state index in [1.165, 1.54) is 42.5 Å². The molecule has 3 aromatic rings. The molecule has 0 bridgehead atoms. The Morgan fingerprint density at radius 3 is 2.09 bits per heavy atom. The molecular formula is C52H71N11O11. The van der Waals surface area contributed by atoms with Crippen LogP contribution in [0.1, 0.15) is 100 Å². The molecule has 8 N–H and O–H groups in total. The number of alkyl carbamates (subject to hydrolysis) is 1. The van der Waals surface area contributed by atoms with Crippen molar-refractivity contribution in [2.75, 3.05) is 40.3 Å². The number of benzene rings is 2. The molecule has 74 heavy (non-hydrogen) atoms. The topological polar surface area (TPSA) is 300 Å². The fourth-order valence-corrected chi connectivity index (χ4v) is 8.89. The van der Waals surface area contributed by atoms with Gasteiger partial charge in [-0.2, -0.15) is 0 Å². The first-order valence-electron chi connectivity index (χ1n) is 25.0. The minimum Gasteiger partial charge on any atom is -0.445 e. The van der Waals surface area contributed by atoms with Gasteiger partial charge in [0.1, 0.15) is 37.0 Å². The van der Waals surface area contributed by atoms with E-state index >= 15 is 0 Å². The third kappa shape index (κ3) is 16.8. The van der Waals surface area contributed by atoms with Gasteiger partial charge in [0, 0.05) is 39.6 Å². The molecule has 2 heterocycles. The Morgan fingerprint density at radius 1 is 0.797 bits per heavy atom. The number of aliphatic hydroxyl groups is 1. The first-order chi connectivity index (χ1) is 35.3. The normalized spacial score (nSPS) is 17.7. The van der Waals surface area contributed by atoms with E-state index in [2.05, 4.69) is 47.2 Å². The van der Waals surface area contributed by atoms with Crippen LogP contribution in [0.5, 0.6) is 0 Å². The number of rotatable bonds is 22. The van der Waals surface area contributed by atoms with Gasteiger partial charge in [-0.15, -0.1) is 0 Å². The third-order valence-corrected chi connectivity index (χ3v) is 13.0. The summed E-state index contributed by atoms with van der Waals surface area (Å²) in [5, 5.41) is 30.1. The van der Waals surface area contributed by atoms with E-state index in [0.29, 0.717) is 24.8 Å². The smallest absolute Gasteiger partial charge is 0.407 e. The van der Waals surface area contributed by atoms with Crippen molar-refractivity contribution in [1.82, 2.24) is 57.0 Å². The second-order valence-electron chi connectivity index (χ2n) is 19.9. The molecule has 2 aromatic carbocycles. The number of nitrogens with zero attached hydrogens (tertiary/aromatic N) is 4. The van der Waals surface area contributed by atoms with Crippen molar-refractivity contribution in [2.24, 2.45) is 17.3 Å². The highest BCUT2D eigenvalue weighted by atomic mass is 16.5. The number of amides is 9. The van der Waals surface area contributed by atoms with Gasteiger partial charge in [0.2, 0.25) is 35.4 Å². The lowest BCUT2D eigenvalue weighted by Crippen LogP contribution is -2.61. The minimum atomic E-state index is -1.87. The summed E-state index contributed by atoms with van der Waals surface area (Å²) >= 11 is 0. The number of aliphatic hydroxyl groups excluding tert-OH is 1. The molecule has 22 heteroatoms. The van der Waals surface area contributed by atoms with Gasteiger partial charge in [0.05, 0.1) is 30.7 Å². The summed E-state index contributed by atoms with van der Waals surface area (Å²) in [5.74, 6) is -6.81. The molecular weight excluding hydrogens is 955 g/mol. The van der Waals surface area contributed by atoms with Crippen LogP contribution in [0.25, 0.3) is 0 Å². The zero-order chi connectivity index (χ0) is 54.0. The standard InChI is InChI=1S/C52H71N11O11/c1-7-17-36(43(66)48(70)55-27-39(64)59-42(50(72)62(5)6)34-22-15-10-16-23-34)57-45(67)35-29-63(40(65)28-56-51(73)74-31-32-18-11-8-12-19-32)30-38(35)58-49(71)44(52(2,3)4)61-47(69)41(33-20-13-9-14-21-33)60-46(68)37-26-53-24-25-54-37/h8,10-12,15-16,18-19,22-26,33,35-36,38,41-44,66H,7,9,13-14,17,20-21,27-31H2,1-6H3,(H,55,70)(H,56,73)(H,57,67)(H,58,71)(H,59,64)(H,60,68)(H,61,69)/t35-,36+,38+,41+,42+,43?,44?/m1/s1. The minimum absolute atomic E-state index is 0.0130. The first-order valence-corrected chi connectivity index (χ1v) is 25.0. The van der Waals surface area contributed by atoms with E-state index in [1.54, 1.807) is 82.3 Å². The van der Waals surface area contributed by atoms with E-state index in [4.69, 9.17) is 4.74 Å². The van der Waals surface area contributed by atoms with Gasteiger partial charge in [-0.25, -0.2) is 9.78 Å². The Bertz CT molecular complexity index is 2400. The predicted octanol–water partition coefficient (Wildman–Crippen LogP) is 1.26. The van der Waals surface area contributed by atoms with Crippen molar-refractivity contribution in [1.29, 1.82) is 0 Å². The van der Waals surface area contributed by atoms with Crippen LogP contribution < -0.4 is 37.2 Å². The lowest BCUT2D eigenvalue weighted by atomic mass is 9.82. The summed E-state index contributed by atoms with van der Waals surface area (Å²) in [7, 11) is 3.08. The van der Waals surface area contributed by atoms with Crippen LogP contribution in [0.3, 0.4) is 0 Å². The van der Waals surface area contributed by atoms with Crippen LogP contribution in [0, 0.1) is 17.3 Å². The van der Waals surface area contributed by atoms with Crippen LogP contribution in [0.4, 0.5) is 4.79 Å². The van der Waals surface area contributed by atoms with Gasteiger partial charge >= 0.3 is 6.09 Å². The second kappa shape index (κ2) is 27.5. The molecule has 22 nitrogen and oxygen atoms in total. The highest BCUT2D eigenvalue weighted by Crippen LogP contribution is 2.28. The number of ether oxygens (including phenoxy) is 1. The summed E-state index contributed by atoms with van der Waals surface area (Å²) < 4.78 is 5.26. The molecule has 2 aliphatic rings. The molecule has 1 saturated heterocycles. The van der Waals surface area contributed by atoms with Crippen molar-refractivity contribution < 1.29 is 53.0 Å². The van der Waals surface area contributed by atoms with Crippen molar-refractivity contribution in [3.63, 3.8) is 0 Å². The maximum atomic E-state index is 14.6. The molecule has 5 rings (SSSR count). The number of likely N-dealkylation sites (tertiary alicyclic amines) is 1. The van der Waals surface area contributed by atoms with E-state index in [0.717, 1.165) is 24.8 Å². The van der Waals surface area contributed by atoms with Gasteiger partial charge in [-0.1, -0.05) is 114 Å². The number of hydrogen-bond donors (Lipinski definition) is 8. The molecule has 1 aliphatic carbocycles. The van der Waals surface area contributed by atoms with Crippen LogP contribution in [0.2, 0.25) is 0 Å². The maximum absolute atomic E-state index is 14.6. The van der Waals surface area contributed by atoms with Crippen molar-refractivity contribution in [3.8, 4) is 0 Å². The Balaban J connectivity index is 1.31. The van der Waals surface area contributed by atoms with E-state index < -0.39 is 114 Å². The van der Waals surface area contributed by atoms with Gasteiger partial charge < -0.3 is 56.9 Å². The van der Waals surface area contributed by atoms with Crippen LogP contribution in [-0.2, 0) is 44.9 Å². The monoisotopic (exact) mass is 1030 g/mol.